The Morgan fingerprint density at radius 2 is 1.88 bits per heavy atom. The standard InChI is InChI=1S/C26H25FN4O3.C2HF3O2/c1-25(2)14-31(8-9-33-25)18-11-20-23(21(27)12-18)34-22-6-5-16(17-4-3-7-29-13-17)10-19(22)26(20)15-32-24(28)30-26;3-2(4,5)1(6)7/h3-7,10-13H,8-9,14-15H2,1-2H3,(H2,28,30);(H,6,7)/t26-;/m0./s1. The molecule has 1 saturated heterocycles. The van der Waals surface area contributed by atoms with Gasteiger partial charge in [-0.3, -0.25) is 4.98 Å². The maximum atomic E-state index is 15.5. The van der Waals surface area contributed by atoms with Crippen LogP contribution >= 0.6 is 0 Å². The van der Waals surface area contributed by atoms with E-state index in [-0.39, 0.29) is 24.0 Å². The molecular formula is C28H26F4N4O5. The third kappa shape index (κ3) is 5.49. The third-order valence-electron chi connectivity index (χ3n) is 6.87. The van der Waals surface area contributed by atoms with Gasteiger partial charge in [-0.1, -0.05) is 12.1 Å². The first-order chi connectivity index (χ1) is 19.3. The van der Waals surface area contributed by atoms with E-state index in [1.165, 1.54) is 6.07 Å². The number of amidine groups is 1. The number of halogens is 4. The van der Waals surface area contributed by atoms with E-state index in [0.29, 0.717) is 31.0 Å². The molecule has 3 N–H and O–H groups in total. The number of morpholine rings is 1. The van der Waals surface area contributed by atoms with Crippen LogP contribution in [0.3, 0.4) is 0 Å². The summed E-state index contributed by atoms with van der Waals surface area (Å²) in [5.74, 6) is -2.52. The number of carboxylic acids is 1. The van der Waals surface area contributed by atoms with Crippen LogP contribution in [0.15, 0.2) is 59.9 Å². The molecule has 0 amide bonds. The molecule has 0 aliphatic carbocycles. The van der Waals surface area contributed by atoms with Crippen molar-refractivity contribution in [1.82, 2.24) is 4.98 Å². The number of aliphatic imine (C=N–C) groups is 1. The number of fused-ring (bicyclic) bond motifs is 4. The van der Waals surface area contributed by atoms with Gasteiger partial charge in [0.15, 0.2) is 17.1 Å². The number of carboxylic acid groups (broad SMARTS) is 1. The quantitative estimate of drug-likeness (QED) is 0.418. The Hall–Kier alpha value is -4.39. The summed E-state index contributed by atoms with van der Waals surface area (Å²) in [5, 5.41) is 7.12. The number of pyridine rings is 1. The van der Waals surface area contributed by atoms with E-state index in [9.17, 15) is 13.2 Å². The molecule has 3 aromatic rings. The Kier molecular flexibility index (Phi) is 7.02. The molecule has 6 rings (SSSR count). The highest BCUT2D eigenvalue weighted by atomic mass is 19.4. The predicted molar refractivity (Wildman–Crippen MR) is 140 cm³/mol. The first-order valence-corrected chi connectivity index (χ1v) is 12.5. The molecule has 41 heavy (non-hydrogen) atoms. The highest BCUT2D eigenvalue weighted by Crippen LogP contribution is 2.53. The lowest BCUT2D eigenvalue weighted by Crippen LogP contribution is -2.48. The van der Waals surface area contributed by atoms with Crippen molar-refractivity contribution < 1.29 is 41.7 Å². The predicted octanol–water partition coefficient (Wildman–Crippen LogP) is 4.83. The van der Waals surface area contributed by atoms with Crippen LogP contribution in [0.1, 0.15) is 25.0 Å². The number of ether oxygens (including phenoxy) is 3. The van der Waals surface area contributed by atoms with E-state index in [1.54, 1.807) is 12.4 Å². The lowest BCUT2D eigenvalue weighted by molar-refractivity contribution is -0.192. The normalized spacial score (nSPS) is 20.5. The van der Waals surface area contributed by atoms with Gasteiger partial charge in [-0.05, 0) is 43.7 Å². The second-order valence-corrected chi connectivity index (χ2v) is 10.3. The molecule has 0 bridgehead atoms. The van der Waals surface area contributed by atoms with E-state index in [4.69, 9.17) is 34.8 Å². The van der Waals surface area contributed by atoms with Crippen LogP contribution in [0.4, 0.5) is 23.2 Å². The van der Waals surface area contributed by atoms with Crippen molar-refractivity contribution in [3.05, 3.63) is 71.8 Å². The minimum Gasteiger partial charge on any atom is -0.475 e. The average molecular weight is 575 g/mol. The first kappa shape index (κ1) is 28.1. The SMILES string of the molecule is CC1(C)CN(c2cc(F)c3c(c2)[C@]2(COC(N)=N2)c2cc(-c4cccnc4)ccc2O3)CCO1.O=C(O)C(F)(F)F. The monoisotopic (exact) mass is 574 g/mol. The average Bonchev–Trinajstić information content (AvgIpc) is 3.31. The van der Waals surface area contributed by atoms with Crippen LogP contribution in [0.25, 0.3) is 11.1 Å². The second-order valence-electron chi connectivity index (χ2n) is 10.3. The van der Waals surface area contributed by atoms with E-state index < -0.39 is 23.5 Å². The molecule has 0 saturated carbocycles. The Morgan fingerprint density at radius 3 is 2.49 bits per heavy atom. The maximum absolute atomic E-state index is 15.5. The minimum absolute atomic E-state index is 0.0731. The van der Waals surface area contributed by atoms with Crippen LogP contribution in [-0.2, 0) is 19.8 Å². The number of nitrogens with two attached hydrogens (primary N) is 1. The van der Waals surface area contributed by atoms with Crippen LogP contribution in [0, 0.1) is 5.82 Å². The fourth-order valence-electron chi connectivity index (χ4n) is 5.03. The molecule has 1 fully saturated rings. The largest absolute Gasteiger partial charge is 0.490 e. The van der Waals surface area contributed by atoms with E-state index in [0.717, 1.165) is 22.4 Å². The van der Waals surface area contributed by atoms with Gasteiger partial charge in [0.05, 0.1) is 12.2 Å². The molecule has 9 nitrogen and oxygen atoms in total. The number of benzene rings is 2. The first-order valence-electron chi connectivity index (χ1n) is 12.5. The van der Waals surface area contributed by atoms with Gasteiger partial charge in [-0.15, -0.1) is 0 Å². The molecular weight excluding hydrogens is 548 g/mol. The number of hydrogen-bond donors (Lipinski definition) is 2. The fourth-order valence-corrected chi connectivity index (χ4v) is 5.03. The number of anilines is 1. The Balaban J connectivity index is 0.000000431. The number of aliphatic carboxylic acids is 1. The van der Waals surface area contributed by atoms with Gasteiger partial charge in [-0.25, -0.2) is 14.2 Å². The van der Waals surface area contributed by atoms with Gasteiger partial charge < -0.3 is 30.0 Å². The molecule has 1 atom stereocenters. The molecule has 0 radical (unpaired) electrons. The van der Waals surface area contributed by atoms with Crippen molar-refractivity contribution in [3.63, 3.8) is 0 Å². The molecule has 0 unspecified atom stereocenters. The summed E-state index contributed by atoms with van der Waals surface area (Å²) in [6.07, 6.45) is -1.55. The Labute approximate surface area is 232 Å². The molecule has 216 valence electrons. The zero-order valence-corrected chi connectivity index (χ0v) is 22.0. The number of nitrogens with zero attached hydrogens (tertiary/aromatic N) is 3. The van der Waals surface area contributed by atoms with Crippen LogP contribution < -0.4 is 15.4 Å². The van der Waals surface area contributed by atoms with Crippen LogP contribution in [0.2, 0.25) is 0 Å². The summed E-state index contributed by atoms with van der Waals surface area (Å²) in [5.41, 5.74) is 8.71. The zero-order valence-electron chi connectivity index (χ0n) is 22.0. The van der Waals surface area contributed by atoms with E-state index >= 15 is 4.39 Å². The number of aromatic nitrogens is 1. The number of alkyl halides is 3. The maximum Gasteiger partial charge on any atom is 0.490 e. The summed E-state index contributed by atoms with van der Waals surface area (Å²) in [4.78, 5) is 20.0. The lowest BCUT2D eigenvalue weighted by Gasteiger charge is -2.40. The summed E-state index contributed by atoms with van der Waals surface area (Å²) >= 11 is 0. The van der Waals surface area contributed by atoms with Crippen LogP contribution in [0.5, 0.6) is 11.5 Å². The molecule has 2 aromatic carbocycles. The van der Waals surface area contributed by atoms with Gasteiger partial charge in [0.2, 0.25) is 0 Å². The Morgan fingerprint density at radius 1 is 1.12 bits per heavy atom. The topological polar surface area (TPSA) is 120 Å². The molecule has 3 aliphatic heterocycles. The summed E-state index contributed by atoms with van der Waals surface area (Å²) < 4.78 is 64.9. The van der Waals surface area contributed by atoms with E-state index in [1.807, 2.05) is 50.2 Å². The smallest absolute Gasteiger partial charge is 0.475 e. The lowest BCUT2D eigenvalue weighted by atomic mass is 9.80. The summed E-state index contributed by atoms with van der Waals surface area (Å²) in [6, 6.07) is 13.2. The highest BCUT2D eigenvalue weighted by molar-refractivity contribution is 5.78. The van der Waals surface area contributed by atoms with Gasteiger partial charge in [0.1, 0.15) is 12.4 Å². The van der Waals surface area contributed by atoms with Gasteiger partial charge in [0.25, 0.3) is 6.02 Å². The van der Waals surface area contributed by atoms with Crippen molar-refractivity contribution in [1.29, 1.82) is 0 Å². The van der Waals surface area contributed by atoms with Gasteiger partial charge >= 0.3 is 12.1 Å². The second kappa shape index (κ2) is 10.2. The van der Waals surface area contributed by atoms with Gasteiger partial charge in [-0.2, -0.15) is 13.2 Å². The van der Waals surface area contributed by atoms with E-state index in [2.05, 4.69) is 9.88 Å². The Bertz CT molecular complexity index is 1510. The number of hydrogen-bond acceptors (Lipinski definition) is 8. The highest BCUT2D eigenvalue weighted by Gasteiger charge is 2.48. The third-order valence-corrected chi connectivity index (χ3v) is 6.87. The molecule has 4 heterocycles. The number of carbonyl (C=O) groups is 1. The van der Waals surface area contributed by atoms with Crippen molar-refractivity contribution in [2.45, 2.75) is 31.2 Å². The molecule has 3 aliphatic rings. The zero-order chi connectivity index (χ0) is 29.6. The summed E-state index contributed by atoms with van der Waals surface area (Å²) in [6.45, 7) is 6.10. The van der Waals surface area contributed by atoms with Crippen molar-refractivity contribution >= 4 is 17.7 Å². The number of rotatable bonds is 2. The minimum atomic E-state index is -5.08. The summed E-state index contributed by atoms with van der Waals surface area (Å²) in [7, 11) is 0. The molecule has 1 aromatic heterocycles. The van der Waals surface area contributed by atoms with Crippen molar-refractivity contribution in [3.8, 4) is 22.6 Å². The molecule has 1 spiro atoms. The van der Waals surface area contributed by atoms with Crippen molar-refractivity contribution in [2.75, 3.05) is 31.2 Å². The molecule has 13 heteroatoms. The van der Waals surface area contributed by atoms with Crippen molar-refractivity contribution in [2.24, 2.45) is 10.7 Å². The fraction of sp³-hybridized carbons (Fsp3) is 0.321. The van der Waals surface area contributed by atoms with Crippen LogP contribution in [-0.4, -0.2) is 60.2 Å². The van der Waals surface area contributed by atoms with Gasteiger partial charge in [0, 0.05) is 53.9 Å².